The average Bonchev–Trinajstić information content (AvgIpc) is 3.65. The van der Waals surface area contributed by atoms with Crippen molar-refractivity contribution in [1.29, 1.82) is 0 Å². The number of nitrogens with zero attached hydrogens (tertiary/aromatic N) is 6. The normalized spacial score (nSPS) is 19.2. The molecule has 0 saturated carbocycles. The summed E-state index contributed by atoms with van der Waals surface area (Å²) in [4.78, 5) is 76.9. The molecule has 14 heteroatoms. The molecule has 1 fully saturated rings. The highest BCUT2D eigenvalue weighted by Gasteiger charge is 2.43. The van der Waals surface area contributed by atoms with E-state index in [-0.39, 0.29) is 60.5 Å². The van der Waals surface area contributed by atoms with Gasteiger partial charge in [0, 0.05) is 57.5 Å². The molecule has 0 unspecified atom stereocenters. The van der Waals surface area contributed by atoms with Gasteiger partial charge in [0.2, 0.25) is 11.8 Å². The molecule has 0 aliphatic carbocycles. The van der Waals surface area contributed by atoms with Crippen LogP contribution in [0.3, 0.4) is 0 Å². The fourth-order valence-corrected chi connectivity index (χ4v) is 8.55. The number of ether oxygens (including phenoxy) is 3. The monoisotopic (exact) mass is 785 g/mol. The number of amides is 2. The quantitative estimate of drug-likeness (QED) is 0.0547. The molecule has 1 aliphatic heterocycles. The Morgan fingerprint density at radius 3 is 2.09 bits per heavy atom. The fourth-order valence-electron chi connectivity index (χ4n) is 8.55. The van der Waals surface area contributed by atoms with Crippen LogP contribution in [0.4, 0.5) is 0 Å². The van der Waals surface area contributed by atoms with Gasteiger partial charge in [-0.1, -0.05) is 83.4 Å². The highest BCUT2D eigenvalue weighted by molar-refractivity contribution is 5.90. The van der Waals surface area contributed by atoms with Gasteiger partial charge in [-0.25, -0.2) is 0 Å². The Labute approximate surface area is 334 Å². The summed E-state index contributed by atoms with van der Waals surface area (Å²) in [5.74, 6) is -3.56. The highest BCUT2D eigenvalue weighted by Crippen LogP contribution is 2.32. The molecule has 1 aromatic rings. The number of likely N-dealkylation sites (tertiary alicyclic amines) is 1. The van der Waals surface area contributed by atoms with E-state index in [9.17, 15) is 29.5 Å². The summed E-state index contributed by atoms with van der Waals surface area (Å²) < 4.78 is 17.0. The second kappa shape index (κ2) is 23.4. The molecule has 0 N–H and O–H groups in total. The molecule has 2 rings (SSSR count). The van der Waals surface area contributed by atoms with E-state index in [0.29, 0.717) is 25.8 Å². The maximum absolute atomic E-state index is 14.4. The number of likely N-dealkylation sites (N-methyl/N-ethyl adjacent to an activating group) is 2. The van der Waals surface area contributed by atoms with Crippen molar-refractivity contribution in [1.82, 2.24) is 14.7 Å². The molecule has 56 heavy (non-hydrogen) atoms. The van der Waals surface area contributed by atoms with Crippen LogP contribution in [0, 0.1) is 29.6 Å². The molecule has 0 aromatic heterocycles. The van der Waals surface area contributed by atoms with Crippen molar-refractivity contribution in [3.8, 4) is 0 Å². The summed E-state index contributed by atoms with van der Waals surface area (Å²) in [7, 11) is 9.69. The van der Waals surface area contributed by atoms with Gasteiger partial charge in [0.1, 0.15) is 5.78 Å². The van der Waals surface area contributed by atoms with Crippen molar-refractivity contribution in [2.24, 2.45) is 34.7 Å². The summed E-state index contributed by atoms with van der Waals surface area (Å²) in [6.07, 6.45) is 0.907. The summed E-state index contributed by atoms with van der Waals surface area (Å²) >= 11 is 0. The van der Waals surface area contributed by atoms with E-state index in [2.05, 4.69) is 10.0 Å². The fraction of sp³-hybridized carbons (Fsp3) is 0.738. The Hall–Kier alpha value is -3.84. The number of azide groups is 1. The van der Waals surface area contributed by atoms with Crippen LogP contribution in [-0.2, 0) is 44.6 Å². The molecule has 0 radical (unpaired) electrons. The van der Waals surface area contributed by atoms with Crippen molar-refractivity contribution in [3.63, 3.8) is 0 Å². The smallest absolute Gasteiger partial charge is 0.309 e. The SMILES string of the molecule is CC[C@H](C)[C@@H]([C@@H](CC(=O)N1CCC[C@H]1[C@H](OC)[C@@H](C)C(=O)C[C@@H](Cc1ccccc1)C(=O)OC)OC)N(C)C(=O)[C@@H](CC(=O)[C@H](C(C)C)N(C)C)[C@H](C)N=[N+]=[N-]. The molecular weight excluding hydrogens is 716 g/mol. The van der Waals surface area contributed by atoms with Crippen LogP contribution in [-0.4, -0.2) is 129 Å². The van der Waals surface area contributed by atoms with Crippen LogP contribution in [0.25, 0.3) is 10.4 Å². The van der Waals surface area contributed by atoms with E-state index in [1.165, 1.54) is 21.3 Å². The van der Waals surface area contributed by atoms with E-state index < -0.39 is 54.1 Å². The van der Waals surface area contributed by atoms with Crippen molar-refractivity contribution in [2.45, 2.75) is 123 Å². The molecule has 1 aliphatic rings. The molecule has 10 atom stereocenters. The number of ketones is 2. The van der Waals surface area contributed by atoms with Gasteiger partial charge >= 0.3 is 5.97 Å². The second-order valence-electron chi connectivity index (χ2n) is 16.0. The maximum Gasteiger partial charge on any atom is 0.309 e. The Bertz CT molecular complexity index is 1480. The highest BCUT2D eigenvalue weighted by atomic mass is 16.5. The van der Waals surface area contributed by atoms with Crippen molar-refractivity contribution < 1.29 is 38.2 Å². The third kappa shape index (κ3) is 12.8. The number of benzene rings is 1. The molecule has 0 bridgehead atoms. The van der Waals surface area contributed by atoms with Crippen LogP contribution < -0.4 is 0 Å². The number of esters is 1. The van der Waals surface area contributed by atoms with Crippen LogP contribution in [0.2, 0.25) is 0 Å². The minimum absolute atomic E-state index is 0.00199. The third-order valence-electron chi connectivity index (χ3n) is 11.7. The lowest BCUT2D eigenvalue weighted by molar-refractivity contribution is -0.149. The Morgan fingerprint density at radius 1 is 0.929 bits per heavy atom. The van der Waals surface area contributed by atoms with E-state index in [4.69, 9.17) is 14.2 Å². The van der Waals surface area contributed by atoms with Crippen LogP contribution in [0.5, 0.6) is 0 Å². The molecule has 14 nitrogen and oxygen atoms in total. The van der Waals surface area contributed by atoms with Gasteiger partial charge in [0.15, 0.2) is 5.78 Å². The number of hydrogen-bond acceptors (Lipinski definition) is 10. The summed E-state index contributed by atoms with van der Waals surface area (Å²) in [6.45, 7) is 11.8. The molecule has 2 amide bonds. The molecular formula is C42H68N6O8. The van der Waals surface area contributed by atoms with Crippen molar-refractivity contribution in [3.05, 3.63) is 46.3 Å². The van der Waals surface area contributed by atoms with Crippen molar-refractivity contribution in [2.75, 3.05) is 49.0 Å². The van der Waals surface area contributed by atoms with E-state index in [1.807, 2.05) is 77.0 Å². The van der Waals surface area contributed by atoms with E-state index in [1.54, 1.807) is 30.7 Å². The topological polar surface area (TPSA) is 172 Å². The second-order valence-corrected chi connectivity index (χ2v) is 16.0. The summed E-state index contributed by atoms with van der Waals surface area (Å²) in [6, 6.07) is 7.33. The molecule has 1 heterocycles. The van der Waals surface area contributed by atoms with Gasteiger partial charge in [0.05, 0.1) is 55.7 Å². The standard InChI is InChI=1S/C42H68N6O8/c1-13-27(4)39(47(9)41(52)32(29(6)44-45-43)24-35(50)38(26(2)3)46(7)8)36(54-10)25-37(51)48-21-17-20-33(48)40(55-11)28(5)34(49)23-31(42(53)56-12)22-30-18-15-14-16-19-30/h14-16,18-19,26-29,31-33,36,38-40H,13,17,20-25H2,1-12H3/t27-,28-,29-,31+,32-,33-,36+,38-,39-,40+/m0/s1. The molecule has 0 spiro atoms. The van der Waals surface area contributed by atoms with Crippen LogP contribution in [0.1, 0.15) is 85.6 Å². The lowest BCUT2D eigenvalue weighted by Gasteiger charge is -2.41. The number of carbonyl (C=O) groups excluding carboxylic acids is 5. The Balaban J connectivity index is 2.34. The molecule has 314 valence electrons. The predicted octanol–water partition coefficient (Wildman–Crippen LogP) is 5.76. The van der Waals surface area contributed by atoms with Crippen LogP contribution in [0.15, 0.2) is 35.4 Å². The number of methoxy groups -OCH3 is 3. The number of carbonyl (C=O) groups is 5. The Morgan fingerprint density at radius 2 is 1.57 bits per heavy atom. The average molecular weight is 785 g/mol. The largest absolute Gasteiger partial charge is 0.469 e. The number of Topliss-reactive ketones (excluding diaryl/α,β-unsaturated/α-hetero) is 2. The summed E-state index contributed by atoms with van der Waals surface area (Å²) in [5, 5.41) is 3.84. The van der Waals surface area contributed by atoms with Gasteiger partial charge in [-0.05, 0) is 56.3 Å². The van der Waals surface area contributed by atoms with Gasteiger partial charge in [0.25, 0.3) is 0 Å². The predicted molar refractivity (Wildman–Crippen MR) is 215 cm³/mol. The van der Waals surface area contributed by atoms with Gasteiger partial charge in [-0.15, -0.1) is 0 Å². The first-order valence-corrected chi connectivity index (χ1v) is 20.0. The maximum atomic E-state index is 14.4. The number of hydrogen-bond donors (Lipinski definition) is 0. The lowest BCUT2D eigenvalue weighted by atomic mass is 9.85. The first kappa shape index (κ1) is 48.3. The zero-order chi connectivity index (χ0) is 42.3. The van der Waals surface area contributed by atoms with Crippen molar-refractivity contribution >= 4 is 29.4 Å². The lowest BCUT2D eigenvalue weighted by Crippen LogP contribution is -2.54. The summed E-state index contributed by atoms with van der Waals surface area (Å²) in [5.41, 5.74) is 10.2. The van der Waals surface area contributed by atoms with Gasteiger partial charge < -0.3 is 24.0 Å². The van der Waals surface area contributed by atoms with E-state index in [0.717, 1.165) is 12.0 Å². The van der Waals surface area contributed by atoms with Gasteiger partial charge in [-0.3, -0.25) is 28.9 Å². The first-order valence-electron chi connectivity index (χ1n) is 20.0. The van der Waals surface area contributed by atoms with Crippen LogP contribution >= 0.6 is 0 Å². The zero-order valence-corrected chi connectivity index (χ0v) is 35.8. The molecule has 1 saturated heterocycles. The van der Waals surface area contributed by atoms with E-state index >= 15 is 0 Å². The zero-order valence-electron chi connectivity index (χ0n) is 35.8. The first-order chi connectivity index (χ1) is 26.5. The van der Waals surface area contributed by atoms with Gasteiger partial charge in [-0.2, -0.15) is 0 Å². The Kier molecular flexibility index (Phi) is 20.2. The minimum atomic E-state index is -0.916. The number of rotatable bonds is 24. The minimum Gasteiger partial charge on any atom is -0.469 e. The third-order valence-corrected chi connectivity index (χ3v) is 11.7. The molecule has 1 aromatic carbocycles.